The van der Waals surface area contributed by atoms with E-state index in [1.807, 2.05) is 42.5 Å². The van der Waals surface area contributed by atoms with Gasteiger partial charge < -0.3 is 4.42 Å². The van der Waals surface area contributed by atoms with Crippen molar-refractivity contribution in [3.05, 3.63) is 89.6 Å². The van der Waals surface area contributed by atoms with E-state index < -0.39 is 21.8 Å². The molecule has 36 heavy (non-hydrogen) atoms. The van der Waals surface area contributed by atoms with Gasteiger partial charge in [-0.2, -0.15) is 5.26 Å². The number of aryl methyl sites for hydroxylation is 2. The summed E-state index contributed by atoms with van der Waals surface area (Å²) in [6.07, 6.45) is 1.13. The monoisotopic (exact) mass is 494 g/mol. The van der Waals surface area contributed by atoms with Crippen LogP contribution in [-0.4, -0.2) is 13.1 Å². The fraction of sp³-hybridized carbons (Fsp3) is 0.250. The van der Waals surface area contributed by atoms with Gasteiger partial charge in [0, 0.05) is 35.9 Å². The van der Waals surface area contributed by atoms with Gasteiger partial charge in [-0.1, -0.05) is 75.3 Å². The standard InChI is InChI=1S/C32H32N2OSi/c1-20(2)36(21(3)4,25-11-8-7-9-12-25)32-24(18-33)15-16-27-26-13-10-14-28(30(26)35-31(27)32)29-17-22(5)23(6)19-34-29/h7-17,19-21H,1-6H3/i5D3,6D3. The second kappa shape index (κ2) is 9.08. The third kappa shape index (κ3) is 3.50. The molecule has 0 aliphatic rings. The Labute approximate surface area is 222 Å². The number of furan rings is 1. The van der Waals surface area contributed by atoms with Crippen LogP contribution in [0.25, 0.3) is 33.2 Å². The van der Waals surface area contributed by atoms with Gasteiger partial charge in [-0.3, -0.25) is 4.98 Å². The lowest BCUT2D eigenvalue weighted by atomic mass is 10.0. The summed E-state index contributed by atoms with van der Waals surface area (Å²) in [7, 11) is -2.62. The zero-order valence-corrected chi connectivity index (χ0v) is 21.9. The first-order valence-corrected chi connectivity index (χ1v) is 14.3. The molecule has 0 unspecified atom stereocenters. The minimum Gasteiger partial charge on any atom is -0.455 e. The average molecular weight is 495 g/mol. The van der Waals surface area contributed by atoms with E-state index in [-0.39, 0.29) is 22.2 Å². The average Bonchev–Trinajstić information content (AvgIpc) is 3.31. The van der Waals surface area contributed by atoms with Crippen molar-refractivity contribution in [3.63, 3.8) is 0 Å². The van der Waals surface area contributed by atoms with Crippen LogP contribution >= 0.6 is 0 Å². The molecule has 0 aliphatic heterocycles. The number of para-hydroxylation sites is 1. The molecule has 0 fully saturated rings. The topological polar surface area (TPSA) is 49.8 Å². The van der Waals surface area contributed by atoms with E-state index >= 15 is 0 Å². The first kappa shape index (κ1) is 17.7. The Morgan fingerprint density at radius 1 is 0.861 bits per heavy atom. The highest BCUT2D eigenvalue weighted by Crippen LogP contribution is 2.40. The first-order chi connectivity index (χ1) is 19.7. The summed E-state index contributed by atoms with van der Waals surface area (Å²) in [5.41, 5.74) is 2.53. The fourth-order valence-corrected chi connectivity index (χ4v) is 11.9. The highest BCUT2D eigenvalue weighted by Gasteiger charge is 2.47. The number of nitriles is 1. The number of hydrogen-bond acceptors (Lipinski definition) is 3. The lowest BCUT2D eigenvalue weighted by molar-refractivity contribution is 0.671. The molecule has 0 saturated heterocycles. The molecule has 0 bridgehead atoms. The molecule has 0 N–H and O–H groups in total. The Morgan fingerprint density at radius 2 is 1.58 bits per heavy atom. The molecular weight excluding hydrogens is 456 g/mol. The van der Waals surface area contributed by atoms with Crippen molar-refractivity contribution in [2.45, 2.75) is 52.5 Å². The van der Waals surface area contributed by atoms with Crippen molar-refractivity contribution >= 4 is 40.4 Å². The summed E-state index contributed by atoms with van der Waals surface area (Å²) in [4.78, 5) is 4.41. The van der Waals surface area contributed by atoms with E-state index in [9.17, 15) is 5.26 Å². The third-order valence-corrected chi connectivity index (χ3v) is 13.7. The van der Waals surface area contributed by atoms with Gasteiger partial charge in [-0.05, 0) is 60.2 Å². The van der Waals surface area contributed by atoms with E-state index in [1.54, 1.807) is 6.07 Å². The number of nitrogens with zero attached hydrogens (tertiary/aromatic N) is 2. The number of fused-ring (bicyclic) bond motifs is 3. The van der Waals surface area contributed by atoms with Crippen LogP contribution in [0.4, 0.5) is 0 Å². The van der Waals surface area contributed by atoms with Gasteiger partial charge in [0.05, 0.1) is 17.3 Å². The van der Waals surface area contributed by atoms with Crippen LogP contribution in [0, 0.1) is 25.0 Å². The van der Waals surface area contributed by atoms with Crippen LogP contribution in [0.5, 0.6) is 0 Å². The Hall–Kier alpha value is -3.68. The molecule has 3 aromatic carbocycles. The van der Waals surface area contributed by atoms with Crippen LogP contribution in [-0.2, 0) is 0 Å². The molecule has 5 aromatic rings. The van der Waals surface area contributed by atoms with Crippen LogP contribution < -0.4 is 10.4 Å². The molecule has 0 spiro atoms. The van der Waals surface area contributed by atoms with Gasteiger partial charge in [0.2, 0.25) is 0 Å². The molecule has 4 heteroatoms. The molecule has 2 heterocycles. The number of pyridine rings is 1. The minimum absolute atomic E-state index is 0.237. The predicted molar refractivity (Wildman–Crippen MR) is 153 cm³/mol. The highest BCUT2D eigenvalue weighted by atomic mass is 28.3. The van der Waals surface area contributed by atoms with Crippen molar-refractivity contribution < 1.29 is 12.6 Å². The second-order valence-corrected chi connectivity index (χ2v) is 15.0. The van der Waals surface area contributed by atoms with Gasteiger partial charge in [0.1, 0.15) is 19.2 Å². The molecule has 0 atom stereocenters. The summed E-state index contributed by atoms with van der Waals surface area (Å²) in [6.45, 7) is 3.62. The minimum atomic E-state index is -2.65. The SMILES string of the molecule is [2H]C([2H])([2H])c1cnc(-c2cccc3c2oc2c([Si](c4ccccc4)(C(C)C)C(C)C)c(C#N)ccc23)cc1C([2H])([2H])[2H]. The normalized spacial score (nSPS) is 15.2. The molecule has 2 aromatic heterocycles. The van der Waals surface area contributed by atoms with E-state index in [4.69, 9.17) is 12.6 Å². The molecule has 0 aliphatic carbocycles. The number of rotatable bonds is 5. The van der Waals surface area contributed by atoms with Crippen molar-refractivity contribution in [2.75, 3.05) is 0 Å². The molecule has 180 valence electrons. The summed E-state index contributed by atoms with van der Waals surface area (Å²) in [5, 5.41) is 14.2. The van der Waals surface area contributed by atoms with Gasteiger partial charge in [0.15, 0.2) is 0 Å². The van der Waals surface area contributed by atoms with E-state index in [0.29, 0.717) is 28.0 Å². The summed E-state index contributed by atoms with van der Waals surface area (Å²) in [5.74, 6) is 0. The smallest absolute Gasteiger partial charge is 0.144 e. The van der Waals surface area contributed by atoms with Crippen molar-refractivity contribution in [1.82, 2.24) is 4.98 Å². The maximum atomic E-state index is 10.4. The van der Waals surface area contributed by atoms with Gasteiger partial charge in [0.25, 0.3) is 0 Å². The predicted octanol–water partition coefficient (Wildman–Crippen LogP) is 7.52. The van der Waals surface area contributed by atoms with Crippen LogP contribution in [0.3, 0.4) is 0 Å². The van der Waals surface area contributed by atoms with E-state index in [1.165, 1.54) is 11.3 Å². The Kier molecular flexibility index (Phi) is 4.46. The lowest BCUT2D eigenvalue weighted by Gasteiger charge is -2.40. The second-order valence-electron chi connectivity index (χ2n) is 9.92. The van der Waals surface area contributed by atoms with Gasteiger partial charge >= 0.3 is 0 Å². The third-order valence-electron chi connectivity index (χ3n) is 7.45. The fourth-order valence-electron chi connectivity index (χ4n) is 5.94. The summed E-state index contributed by atoms with van der Waals surface area (Å²) in [6, 6.07) is 23.6. The molecule has 3 nitrogen and oxygen atoms in total. The molecule has 0 saturated carbocycles. The quantitative estimate of drug-likeness (QED) is 0.237. The molecule has 0 radical (unpaired) electrons. The largest absolute Gasteiger partial charge is 0.455 e. The van der Waals surface area contributed by atoms with Crippen molar-refractivity contribution in [1.29, 1.82) is 5.26 Å². The zero-order chi connectivity index (χ0) is 30.6. The lowest BCUT2D eigenvalue weighted by Crippen LogP contribution is -2.63. The van der Waals surface area contributed by atoms with Crippen LogP contribution in [0.15, 0.2) is 77.3 Å². The van der Waals surface area contributed by atoms with Gasteiger partial charge in [-0.15, -0.1) is 0 Å². The highest BCUT2D eigenvalue weighted by molar-refractivity contribution is 7.05. The summed E-state index contributed by atoms with van der Waals surface area (Å²) < 4.78 is 54.3. The Balaban J connectivity index is 1.88. The number of hydrogen-bond donors (Lipinski definition) is 0. The Bertz CT molecular complexity index is 1820. The van der Waals surface area contributed by atoms with Gasteiger partial charge in [-0.25, -0.2) is 0 Å². The Morgan fingerprint density at radius 3 is 2.25 bits per heavy atom. The maximum absolute atomic E-state index is 10.4. The molecule has 5 rings (SSSR count). The number of benzene rings is 3. The first-order valence-electron chi connectivity index (χ1n) is 15.2. The van der Waals surface area contributed by atoms with E-state index in [0.717, 1.165) is 22.2 Å². The van der Waals surface area contributed by atoms with E-state index in [2.05, 4.69) is 50.9 Å². The van der Waals surface area contributed by atoms with Crippen molar-refractivity contribution in [2.24, 2.45) is 0 Å². The molecule has 0 amide bonds. The molecular formula is C32H32N2OSi. The number of aromatic nitrogens is 1. The van der Waals surface area contributed by atoms with Crippen molar-refractivity contribution in [3.8, 4) is 17.3 Å². The maximum Gasteiger partial charge on any atom is 0.144 e. The van der Waals surface area contributed by atoms with Crippen LogP contribution in [0.2, 0.25) is 11.1 Å². The summed E-state index contributed by atoms with van der Waals surface area (Å²) >= 11 is 0. The van der Waals surface area contributed by atoms with Crippen LogP contribution in [0.1, 0.15) is 52.6 Å². The zero-order valence-electron chi connectivity index (χ0n) is 26.9.